The molecule has 5 nitrogen and oxygen atoms in total. The van der Waals surface area contributed by atoms with Crippen molar-refractivity contribution in [3.63, 3.8) is 0 Å². The number of methoxy groups -OCH3 is 2. The van der Waals surface area contributed by atoms with Gasteiger partial charge in [-0.2, -0.15) is 0 Å². The van der Waals surface area contributed by atoms with E-state index in [4.69, 9.17) is 9.47 Å². The van der Waals surface area contributed by atoms with E-state index in [0.29, 0.717) is 11.5 Å². The van der Waals surface area contributed by atoms with Crippen molar-refractivity contribution in [2.45, 2.75) is 17.8 Å². The van der Waals surface area contributed by atoms with Crippen LogP contribution in [0.2, 0.25) is 0 Å². The Bertz CT molecular complexity index is 1170. The number of benzene rings is 3. The standard InChI is InChI=1S/C24H22BrN3O2S/c1-16-6-4-5-7-22(16)28-23(18-12-20(29-2)14-21(13-18)30-3)26-27-24(28)31-15-17-8-10-19(25)11-9-17/h4-14H,15H2,1-3H3. The Morgan fingerprint density at radius 3 is 2.23 bits per heavy atom. The highest BCUT2D eigenvalue weighted by atomic mass is 79.9. The second kappa shape index (κ2) is 9.58. The molecule has 7 heteroatoms. The first-order chi connectivity index (χ1) is 15.1. The summed E-state index contributed by atoms with van der Waals surface area (Å²) < 4.78 is 14.1. The summed E-state index contributed by atoms with van der Waals surface area (Å²) in [5.74, 6) is 2.94. The van der Waals surface area contributed by atoms with Gasteiger partial charge in [-0.25, -0.2) is 0 Å². The van der Waals surface area contributed by atoms with Crippen LogP contribution >= 0.6 is 27.7 Å². The second-order valence-electron chi connectivity index (χ2n) is 6.94. The number of aromatic nitrogens is 3. The molecule has 0 amide bonds. The van der Waals surface area contributed by atoms with Crippen LogP contribution in [0.25, 0.3) is 17.1 Å². The van der Waals surface area contributed by atoms with Crippen LogP contribution < -0.4 is 9.47 Å². The van der Waals surface area contributed by atoms with Crippen molar-refractivity contribution in [1.29, 1.82) is 0 Å². The highest BCUT2D eigenvalue weighted by Crippen LogP contribution is 2.34. The second-order valence-corrected chi connectivity index (χ2v) is 8.80. The molecule has 4 aromatic rings. The van der Waals surface area contributed by atoms with Gasteiger partial charge in [-0.3, -0.25) is 4.57 Å². The van der Waals surface area contributed by atoms with Crippen LogP contribution in [0.5, 0.6) is 11.5 Å². The topological polar surface area (TPSA) is 49.2 Å². The van der Waals surface area contributed by atoms with Crippen molar-refractivity contribution in [3.8, 4) is 28.6 Å². The van der Waals surface area contributed by atoms with Gasteiger partial charge in [0, 0.05) is 21.9 Å². The zero-order chi connectivity index (χ0) is 21.8. The van der Waals surface area contributed by atoms with Crippen molar-refractivity contribution in [2.75, 3.05) is 14.2 Å². The Labute approximate surface area is 194 Å². The Kier molecular flexibility index (Phi) is 6.63. The molecule has 0 saturated carbocycles. The Morgan fingerprint density at radius 1 is 0.903 bits per heavy atom. The highest BCUT2D eigenvalue weighted by Gasteiger charge is 2.19. The molecule has 3 aromatic carbocycles. The summed E-state index contributed by atoms with van der Waals surface area (Å²) in [6, 6.07) is 22.3. The maximum Gasteiger partial charge on any atom is 0.196 e. The summed E-state index contributed by atoms with van der Waals surface area (Å²) in [4.78, 5) is 0. The number of rotatable bonds is 7. The molecule has 0 saturated heterocycles. The molecule has 0 aliphatic rings. The van der Waals surface area contributed by atoms with Gasteiger partial charge in [-0.15, -0.1) is 10.2 Å². The number of halogens is 1. The number of ether oxygens (including phenoxy) is 2. The summed E-state index contributed by atoms with van der Waals surface area (Å²) in [5.41, 5.74) is 4.28. The van der Waals surface area contributed by atoms with Crippen molar-refractivity contribution in [2.24, 2.45) is 0 Å². The number of aryl methyl sites for hydroxylation is 1. The van der Waals surface area contributed by atoms with Crippen molar-refractivity contribution in [1.82, 2.24) is 14.8 Å². The first kappa shape index (κ1) is 21.5. The van der Waals surface area contributed by atoms with E-state index in [2.05, 4.69) is 74.0 Å². The molecule has 0 N–H and O–H groups in total. The van der Waals surface area contributed by atoms with Gasteiger partial charge in [0.2, 0.25) is 0 Å². The van der Waals surface area contributed by atoms with Crippen molar-refractivity contribution >= 4 is 27.7 Å². The number of thioether (sulfide) groups is 1. The highest BCUT2D eigenvalue weighted by molar-refractivity contribution is 9.10. The number of para-hydroxylation sites is 1. The lowest BCUT2D eigenvalue weighted by atomic mass is 10.1. The van der Waals surface area contributed by atoms with Crippen LogP contribution in [0.1, 0.15) is 11.1 Å². The predicted molar refractivity (Wildman–Crippen MR) is 128 cm³/mol. The molecule has 0 unspecified atom stereocenters. The van der Waals surface area contributed by atoms with Crippen LogP contribution in [0.3, 0.4) is 0 Å². The summed E-state index contributed by atoms with van der Waals surface area (Å²) in [6.07, 6.45) is 0. The fourth-order valence-electron chi connectivity index (χ4n) is 3.25. The fourth-order valence-corrected chi connectivity index (χ4v) is 4.41. The van der Waals surface area contributed by atoms with Gasteiger partial charge in [0.15, 0.2) is 11.0 Å². The minimum Gasteiger partial charge on any atom is -0.497 e. The van der Waals surface area contributed by atoms with Crippen LogP contribution in [0.15, 0.2) is 76.4 Å². The lowest BCUT2D eigenvalue weighted by molar-refractivity contribution is 0.394. The van der Waals surface area contributed by atoms with Crippen LogP contribution in [-0.2, 0) is 5.75 Å². The molecule has 1 aromatic heterocycles. The third-order valence-corrected chi connectivity index (χ3v) is 6.41. The molecule has 0 atom stereocenters. The Morgan fingerprint density at radius 2 is 1.58 bits per heavy atom. The monoisotopic (exact) mass is 495 g/mol. The van der Waals surface area contributed by atoms with Gasteiger partial charge in [0.05, 0.1) is 19.9 Å². The zero-order valence-corrected chi connectivity index (χ0v) is 19.9. The van der Waals surface area contributed by atoms with Gasteiger partial charge in [0.1, 0.15) is 11.5 Å². The van der Waals surface area contributed by atoms with Crippen molar-refractivity contribution in [3.05, 3.63) is 82.3 Å². The average molecular weight is 496 g/mol. The largest absolute Gasteiger partial charge is 0.497 e. The van der Waals surface area contributed by atoms with Gasteiger partial charge in [-0.05, 0) is 48.4 Å². The summed E-state index contributed by atoms with van der Waals surface area (Å²) in [6.45, 7) is 2.09. The van der Waals surface area contributed by atoms with E-state index in [0.717, 1.165) is 38.0 Å². The summed E-state index contributed by atoms with van der Waals surface area (Å²) >= 11 is 5.15. The number of hydrogen-bond donors (Lipinski definition) is 0. The summed E-state index contributed by atoms with van der Waals surface area (Å²) in [7, 11) is 3.29. The molecule has 0 bridgehead atoms. The molecule has 0 radical (unpaired) electrons. The van der Waals surface area contributed by atoms with E-state index in [1.54, 1.807) is 26.0 Å². The van der Waals surface area contributed by atoms with Gasteiger partial charge in [0.25, 0.3) is 0 Å². The number of nitrogens with zero attached hydrogens (tertiary/aromatic N) is 3. The molecule has 0 spiro atoms. The Hall–Kier alpha value is -2.77. The smallest absolute Gasteiger partial charge is 0.196 e. The predicted octanol–water partition coefficient (Wildman–Crippen LogP) is 6.31. The molecule has 158 valence electrons. The molecular weight excluding hydrogens is 474 g/mol. The minimum atomic E-state index is 0.706. The molecule has 31 heavy (non-hydrogen) atoms. The quantitative estimate of drug-likeness (QED) is 0.281. The first-order valence-corrected chi connectivity index (χ1v) is 11.5. The average Bonchev–Trinajstić information content (AvgIpc) is 3.22. The third kappa shape index (κ3) is 4.78. The van der Waals surface area contributed by atoms with E-state index in [1.165, 1.54) is 5.56 Å². The van der Waals surface area contributed by atoms with Crippen LogP contribution in [-0.4, -0.2) is 29.0 Å². The lowest BCUT2D eigenvalue weighted by Crippen LogP contribution is -2.02. The summed E-state index contributed by atoms with van der Waals surface area (Å²) in [5, 5.41) is 9.92. The van der Waals surface area contributed by atoms with Crippen molar-refractivity contribution < 1.29 is 9.47 Å². The molecule has 4 rings (SSSR count). The van der Waals surface area contributed by atoms with E-state index in [-0.39, 0.29) is 0 Å². The minimum absolute atomic E-state index is 0.706. The van der Waals surface area contributed by atoms with Crippen LogP contribution in [0.4, 0.5) is 0 Å². The molecule has 0 aliphatic carbocycles. The van der Waals surface area contributed by atoms with Gasteiger partial charge >= 0.3 is 0 Å². The molecule has 0 aliphatic heterocycles. The van der Waals surface area contributed by atoms with E-state index < -0.39 is 0 Å². The Balaban J connectivity index is 1.79. The lowest BCUT2D eigenvalue weighted by Gasteiger charge is -2.14. The van der Waals surface area contributed by atoms with Crippen LogP contribution in [0, 0.1) is 6.92 Å². The molecule has 0 fully saturated rings. The molecular formula is C24H22BrN3O2S. The first-order valence-electron chi connectivity index (χ1n) is 9.71. The maximum atomic E-state index is 5.46. The van der Waals surface area contributed by atoms with Gasteiger partial charge < -0.3 is 9.47 Å². The van der Waals surface area contributed by atoms with Gasteiger partial charge in [-0.1, -0.05) is 58.0 Å². The third-order valence-electron chi connectivity index (χ3n) is 4.88. The zero-order valence-electron chi connectivity index (χ0n) is 17.5. The van der Waals surface area contributed by atoms with E-state index >= 15 is 0 Å². The maximum absolute atomic E-state index is 5.46. The number of hydrogen-bond acceptors (Lipinski definition) is 5. The van der Waals surface area contributed by atoms with E-state index in [9.17, 15) is 0 Å². The SMILES string of the molecule is COc1cc(OC)cc(-c2nnc(SCc3ccc(Br)cc3)n2-c2ccccc2C)c1. The van der Waals surface area contributed by atoms with E-state index in [1.807, 2.05) is 30.3 Å². The molecule has 1 heterocycles. The fraction of sp³-hybridized carbons (Fsp3) is 0.167. The normalized spacial score (nSPS) is 10.8.